The molecule has 1 fully saturated rings. The maximum Gasteiger partial charge on any atom is 0.0715 e. The molecule has 3 nitrogen and oxygen atoms in total. The van der Waals surface area contributed by atoms with Crippen LogP contribution in [0.1, 0.15) is 33.1 Å². The van der Waals surface area contributed by atoms with Crippen LogP contribution in [0.4, 0.5) is 0 Å². The number of aliphatic hydroxyl groups excluding tert-OH is 1. The van der Waals surface area contributed by atoms with Crippen LogP contribution in [0.2, 0.25) is 0 Å². The predicted molar refractivity (Wildman–Crippen MR) is 52.5 cm³/mol. The van der Waals surface area contributed by atoms with Gasteiger partial charge < -0.3 is 15.5 Å². The Morgan fingerprint density at radius 1 is 1.38 bits per heavy atom. The van der Waals surface area contributed by atoms with Gasteiger partial charge in [-0.3, -0.25) is 0 Å². The molecule has 0 spiro atoms. The molecule has 0 aromatic heterocycles. The molecule has 0 aliphatic heterocycles. The topological polar surface area (TPSA) is 52.5 Å². The lowest BCUT2D eigenvalue weighted by atomic mass is 10.0. The van der Waals surface area contributed by atoms with Crippen LogP contribution in [0.15, 0.2) is 0 Å². The maximum atomic E-state index is 9.51. The van der Waals surface area contributed by atoms with E-state index in [1.54, 1.807) is 13.8 Å². The molecule has 0 bridgehead atoms. The smallest absolute Gasteiger partial charge is 0.0715 e. The van der Waals surface area contributed by atoms with Gasteiger partial charge >= 0.3 is 0 Å². The molecule has 13 heavy (non-hydrogen) atoms. The molecule has 1 rings (SSSR count). The second kappa shape index (κ2) is 4.40. The molecular weight excluding hydrogens is 166 g/mol. The van der Waals surface area contributed by atoms with E-state index in [0.29, 0.717) is 18.5 Å². The van der Waals surface area contributed by atoms with Crippen LogP contribution in [0.3, 0.4) is 0 Å². The van der Waals surface area contributed by atoms with Gasteiger partial charge in [-0.25, -0.2) is 0 Å². The minimum absolute atomic E-state index is 0.267. The Morgan fingerprint density at radius 3 is 2.62 bits per heavy atom. The monoisotopic (exact) mass is 187 g/mol. The Labute approximate surface area is 80.2 Å². The lowest BCUT2D eigenvalue weighted by molar-refractivity contribution is 0.0723. The standard InChI is InChI=1S/C10H21NO2/c1-10(2,13)7-11-9-5-3-4-8(9)6-12/h8-9,11-13H,3-7H2,1-2H3. The van der Waals surface area contributed by atoms with Gasteiger partial charge in [0.2, 0.25) is 0 Å². The van der Waals surface area contributed by atoms with E-state index in [2.05, 4.69) is 5.32 Å². The fourth-order valence-electron chi connectivity index (χ4n) is 1.90. The summed E-state index contributed by atoms with van der Waals surface area (Å²) < 4.78 is 0. The number of hydrogen-bond acceptors (Lipinski definition) is 3. The Balaban J connectivity index is 2.28. The largest absolute Gasteiger partial charge is 0.396 e. The third-order valence-electron chi connectivity index (χ3n) is 2.69. The Morgan fingerprint density at radius 2 is 2.08 bits per heavy atom. The van der Waals surface area contributed by atoms with Crippen LogP contribution >= 0.6 is 0 Å². The van der Waals surface area contributed by atoms with E-state index in [1.165, 1.54) is 6.42 Å². The van der Waals surface area contributed by atoms with Crippen molar-refractivity contribution in [2.45, 2.75) is 44.8 Å². The fraction of sp³-hybridized carbons (Fsp3) is 1.00. The normalized spacial score (nSPS) is 29.5. The van der Waals surface area contributed by atoms with E-state index in [-0.39, 0.29) is 6.61 Å². The summed E-state index contributed by atoms with van der Waals surface area (Å²) in [6, 6.07) is 0.399. The van der Waals surface area contributed by atoms with E-state index >= 15 is 0 Å². The molecule has 3 N–H and O–H groups in total. The van der Waals surface area contributed by atoms with Gasteiger partial charge in [0.15, 0.2) is 0 Å². The van der Waals surface area contributed by atoms with Crippen LogP contribution < -0.4 is 5.32 Å². The summed E-state index contributed by atoms with van der Waals surface area (Å²) in [5, 5.41) is 21.9. The van der Waals surface area contributed by atoms with E-state index in [0.717, 1.165) is 12.8 Å². The van der Waals surface area contributed by atoms with Crippen molar-refractivity contribution in [2.24, 2.45) is 5.92 Å². The zero-order chi connectivity index (χ0) is 9.90. The highest BCUT2D eigenvalue weighted by Gasteiger charge is 2.27. The first-order valence-corrected chi connectivity index (χ1v) is 5.09. The van der Waals surface area contributed by atoms with Gasteiger partial charge in [-0.05, 0) is 32.6 Å². The Hall–Kier alpha value is -0.120. The summed E-state index contributed by atoms with van der Waals surface area (Å²) in [7, 11) is 0. The molecule has 0 amide bonds. The Bertz CT molecular complexity index is 153. The quantitative estimate of drug-likeness (QED) is 0.601. The van der Waals surface area contributed by atoms with Crippen molar-refractivity contribution in [3.05, 3.63) is 0 Å². The number of nitrogens with one attached hydrogen (secondary N) is 1. The highest BCUT2D eigenvalue weighted by molar-refractivity contribution is 4.84. The van der Waals surface area contributed by atoms with E-state index in [9.17, 15) is 5.11 Å². The van der Waals surface area contributed by atoms with Crippen molar-refractivity contribution in [1.29, 1.82) is 0 Å². The molecule has 1 saturated carbocycles. The summed E-state index contributed by atoms with van der Waals surface area (Å²) in [6.45, 7) is 4.46. The summed E-state index contributed by atoms with van der Waals surface area (Å²) in [6.07, 6.45) is 3.43. The molecule has 0 aromatic carbocycles. The third kappa shape index (κ3) is 3.63. The van der Waals surface area contributed by atoms with Gasteiger partial charge in [-0.2, -0.15) is 0 Å². The van der Waals surface area contributed by atoms with Crippen molar-refractivity contribution in [2.75, 3.05) is 13.2 Å². The third-order valence-corrected chi connectivity index (χ3v) is 2.69. The molecule has 0 heterocycles. The van der Waals surface area contributed by atoms with Gasteiger partial charge in [0, 0.05) is 19.2 Å². The molecular formula is C10H21NO2. The number of hydrogen-bond donors (Lipinski definition) is 3. The molecule has 1 aliphatic rings. The van der Waals surface area contributed by atoms with Crippen LogP contribution in [-0.4, -0.2) is 35.0 Å². The van der Waals surface area contributed by atoms with Crippen molar-refractivity contribution in [3.8, 4) is 0 Å². The molecule has 2 atom stereocenters. The summed E-state index contributed by atoms with van der Waals surface area (Å²) in [4.78, 5) is 0. The van der Waals surface area contributed by atoms with Crippen LogP contribution in [0, 0.1) is 5.92 Å². The number of rotatable bonds is 4. The molecule has 0 saturated heterocycles. The maximum absolute atomic E-state index is 9.51. The lowest BCUT2D eigenvalue weighted by Crippen LogP contribution is -2.42. The van der Waals surface area contributed by atoms with E-state index in [1.807, 2.05) is 0 Å². The predicted octanol–water partition coefficient (Wildman–Crippen LogP) is 0.508. The van der Waals surface area contributed by atoms with Crippen molar-refractivity contribution in [3.63, 3.8) is 0 Å². The molecule has 78 valence electrons. The average Bonchev–Trinajstić information content (AvgIpc) is 2.46. The number of aliphatic hydroxyl groups is 2. The average molecular weight is 187 g/mol. The van der Waals surface area contributed by atoms with E-state index in [4.69, 9.17) is 5.11 Å². The van der Waals surface area contributed by atoms with Crippen LogP contribution in [0.5, 0.6) is 0 Å². The minimum Gasteiger partial charge on any atom is -0.396 e. The second-order valence-electron chi connectivity index (χ2n) is 4.67. The molecule has 3 heteroatoms. The second-order valence-corrected chi connectivity index (χ2v) is 4.67. The van der Waals surface area contributed by atoms with Crippen molar-refractivity contribution >= 4 is 0 Å². The summed E-state index contributed by atoms with van der Waals surface area (Å²) in [5.74, 6) is 0.391. The minimum atomic E-state index is -0.650. The van der Waals surface area contributed by atoms with Crippen molar-refractivity contribution < 1.29 is 10.2 Å². The first kappa shape index (κ1) is 11.0. The van der Waals surface area contributed by atoms with Crippen LogP contribution in [0.25, 0.3) is 0 Å². The molecule has 0 aromatic rings. The molecule has 2 unspecified atom stereocenters. The van der Waals surface area contributed by atoms with Gasteiger partial charge in [0.1, 0.15) is 0 Å². The zero-order valence-corrected chi connectivity index (χ0v) is 8.58. The van der Waals surface area contributed by atoms with Gasteiger partial charge in [-0.1, -0.05) is 6.42 Å². The first-order chi connectivity index (χ1) is 6.03. The zero-order valence-electron chi connectivity index (χ0n) is 8.58. The van der Waals surface area contributed by atoms with Gasteiger partial charge in [0.25, 0.3) is 0 Å². The first-order valence-electron chi connectivity index (χ1n) is 5.09. The molecule has 0 radical (unpaired) electrons. The highest BCUT2D eigenvalue weighted by atomic mass is 16.3. The SMILES string of the molecule is CC(C)(O)CNC1CCCC1CO. The van der Waals surface area contributed by atoms with E-state index < -0.39 is 5.60 Å². The highest BCUT2D eigenvalue weighted by Crippen LogP contribution is 2.25. The lowest BCUT2D eigenvalue weighted by Gasteiger charge is -2.24. The Kier molecular flexibility index (Phi) is 3.71. The fourth-order valence-corrected chi connectivity index (χ4v) is 1.90. The van der Waals surface area contributed by atoms with Gasteiger partial charge in [-0.15, -0.1) is 0 Å². The summed E-state index contributed by atoms with van der Waals surface area (Å²) in [5.41, 5.74) is -0.650. The molecule has 1 aliphatic carbocycles. The van der Waals surface area contributed by atoms with Crippen LogP contribution in [-0.2, 0) is 0 Å². The van der Waals surface area contributed by atoms with Gasteiger partial charge in [0.05, 0.1) is 5.60 Å². The summed E-state index contributed by atoms with van der Waals surface area (Å²) >= 11 is 0. The van der Waals surface area contributed by atoms with Crippen molar-refractivity contribution in [1.82, 2.24) is 5.32 Å².